The SMILES string of the molecule is O=C(CSc1ccccc1C(=O)NCc1cc(F)ccc1Br)NCC1CCCCC1. The first kappa shape index (κ1) is 22.8. The topological polar surface area (TPSA) is 58.2 Å². The fourth-order valence-electron chi connectivity index (χ4n) is 3.57. The zero-order valence-electron chi connectivity index (χ0n) is 16.8. The van der Waals surface area contributed by atoms with Gasteiger partial charge in [-0.2, -0.15) is 0 Å². The van der Waals surface area contributed by atoms with Gasteiger partial charge in [0.2, 0.25) is 5.91 Å². The fourth-order valence-corrected chi connectivity index (χ4v) is 4.84. The van der Waals surface area contributed by atoms with E-state index in [-0.39, 0.29) is 29.9 Å². The van der Waals surface area contributed by atoms with Crippen LogP contribution >= 0.6 is 27.7 Å². The molecule has 1 aliphatic carbocycles. The predicted octanol–water partition coefficient (Wildman–Crippen LogP) is 5.31. The molecule has 3 rings (SSSR count). The van der Waals surface area contributed by atoms with Crippen molar-refractivity contribution in [3.63, 3.8) is 0 Å². The lowest BCUT2D eigenvalue weighted by Gasteiger charge is -2.21. The van der Waals surface area contributed by atoms with Gasteiger partial charge in [0.1, 0.15) is 5.82 Å². The summed E-state index contributed by atoms with van der Waals surface area (Å²) >= 11 is 4.72. The van der Waals surface area contributed by atoms with Crippen LogP contribution in [0.4, 0.5) is 4.39 Å². The van der Waals surface area contributed by atoms with E-state index >= 15 is 0 Å². The maximum Gasteiger partial charge on any atom is 0.252 e. The highest BCUT2D eigenvalue weighted by molar-refractivity contribution is 9.10. The third-order valence-electron chi connectivity index (χ3n) is 5.25. The molecule has 2 N–H and O–H groups in total. The van der Waals surface area contributed by atoms with Gasteiger partial charge in [0.05, 0.1) is 11.3 Å². The predicted molar refractivity (Wildman–Crippen MR) is 122 cm³/mol. The second-order valence-corrected chi connectivity index (χ2v) is 9.38. The number of carbonyl (C=O) groups is 2. The molecule has 0 saturated heterocycles. The molecule has 30 heavy (non-hydrogen) atoms. The Labute approximate surface area is 189 Å². The summed E-state index contributed by atoms with van der Waals surface area (Å²) in [5.41, 5.74) is 1.17. The Morgan fingerprint density at radius 1 is 1.07 bits per heavy atom. The second-order valence-electron chi connectivity index (χ2n) is 7.51. The van der Waals surface area contributed by atoms with Gasteiger partial charge in [0.15, 0.2) is 0 Å². The van der Waals surface area contributed by atoms with E-state index < -0.39 is 0 Å². The van der Waals surface area contributed by atoms with Crippen LogP contribution in [0.25, 0.3) is 0 Å². The molecule has 0 heterocycles. The van der Waals surface area contributed by atoms with Crippen molar-refractivity contribution >= 4 is 39.5 Å². The number of thioether (sulfide) groups is 1. The molecule has 0 aromatic heterocycles. The average molecular weight is 493 g/mol. The van der Waals surface area contributed by atoms with Crippen LogP contribution in [0, 0.1) is 11.7 Å². The van der Waals surface area contributed by atoms with Crippen molar-refractivity contribution in [3.8, 4) is 0 Å². The Bertz CT molecular complexity index is 887. The van der Waals surface area contributed by atoms with Crippen molar-refractivity contribution in [1.82, 2.24) is 10.6 Å². The fraction of sp³-hybridized carbons (Fsp3) is 0.391. The molecule has 4 nitrogen and oxygen atoms in total. The molecule has 1 aliphatic rings. The van der Waals surface area contributed by atoms with Gasteiger partial charge in [-0.25, -0.2) is 4.39 Å². The smallest absolute Gasteiger partial charge is 0.252 e. The van der Waals surface area contributed by atoms with Crippen LogP contribution in [0.5, 0.6) is 0 Å². The molecule has 2 aromatic carbocycles. The molecule has 1 fully saturated rings. The minimum atomic E-state index is -0.349. The quantitative estimate of drug-likeness (QED) is 0.491. The molecular weight excluding hydrogens is 467 g/mol. The summed E-state index contributed by atoms with van der Waals surface area (Å²) in [6.45, 7) is 0.947. The molecule has 0 aliphatic heterocycles. The highest BCUT2D eigenvalue weighted by Crippen LogP contribution is 2.24. The van der Waals surface area contributed by atoms with E-state index in [1.165, 1.54) is 56.0 Å². The number of halogens is 2. The second kappa shape index (κ2) is 11.5. The van der Waals surface area contributed by atoms with E-state index in [2.05, 4.69) is 26.6 Å². The normalized spacial score (nSPS) is 14.3. The van der Waals surface area contributed by atoms with Crippen LogP contribution < -0.4 is 10.6 Å². The van der Waals surface area contributed by atoms with E-state index in [4.69, 9.17) is 0 Å². The van der Waals surface area contributed by atoms with Crippen LogP contribution in [0.3, 0.4) is 0 Å². The van der Waals surface area contributed by atoms with Gasteiger partial charge in [-0.1, -0.05) is 47.3 Å². The number of benzene rings is 2. The van der Waals surface area contributed by atoms with Crippen molar-refractivity contribution in [2.24, 2.45) is 5.92 Å². The standard InChI is InChI=1S/C23H26BrFN2O2S/c24-20-11-10-18(25)12-17(20)14-27-23(29)19-8-4-5-9-21(19)30-15-22(28)26-13-16-6-2-1-3-7-16/h4-5,8-12,16H,1-3,6-7,13-15H2,(H,26,28)(H,27,29). The molecule has 7 heteroatoms. The number of hydrogen-bond donors (Lipinski definition) is 2. The van der Waals surface area contributed by atoms with Gasteiger partial charge in [-0.3, -0.25) is 9.59 Å². The Balaban J connectivity index is 1.52. The minimum absolute atomic E-state index is 0.00974. The van der Waals surface area contributed by atoms with Crippen molar-refractivity contribution in [2.75, 3.05) is 12.3 Å². The van der Waals surface area contributed by atoms with Crippen molar-refractivity contribution < 1.29 is 14.0 Å². The molecule has 0 unspecified atom stereocenters. The van der Waals surface area contributed by atoms with Gasteiger partial charge >= 0.3 is 0 Å². The van der Waals surface area contributed by atoms with E-state index in [0.29, 0.717) is 17.0 Å². The van der Waals surface area contributed by atoms with Crippen LogP contribution in [0.1, 0.15) is 48.0 Å². The monoisotopic (exact) mass is 492 g/mol. The zero-order chi connectivity index (χ0) is 21.3. The van der Waals surface area contributed by atoms with Crippen molar-refractivity contribution in [3.05, 3.63) is 63.9 Å². The summed E-state index contributed by atoms with van der Waals surface area (Å²) in [5, 5.41) is 5.86. The number of nitrogens with one attached hydrogen (secondary N) is 2. The highest BCUT2D eigenvalue weighted by Gasteiger charge is 2.16. The molecular formula is C23H26BrFN2O2S. The lowest BCUT2D eigenvalue weighted by Crippen LogP contribution is -2.31. The first-order valence-electron chi connectivity index (χ1n) is 10.2. The summed E-state index contributed by atoms with van der Waals surface area (Å²) in [4.78, 5) is 25.7. The van der Waals surface area contributed by atoms with Gasteiger partial charge in [-0.15, -0.1) is 11.8 Å². The third kappa shape index (κ3) is 6.84. The van der Waals surface area contributed by atoms with Gasteiger partial charge in [-0.05, 0) is 54.7 Å². The summed E-state index contributed by atoms with van der Waals surface area (Å²) < 4.78 is 14.2. The molecule has 0 radical (unpaired) electrons. The molecule has 0 bridgehead atoms. The Kier molecular flexibility index (Phi) is 8.75. The van der Waals surface area contributed by atoms with Gasteiger partial charge < -0.3 is 10.6 Å². The maximum absolute atomic E-state index is 13.4. The van der Waals surface area contributed by atoms with Crippen LogP contribution in [-0.4, -0.2) is 24.1 Å². The zero-order valence-corrected chi connectivity index (χ0v) is 19.2. The lowest BCUT2D eigenvalue weighted by atomic mass is 9.89. The Hall–Kier alpha value is -1.86. The number of rotatable bonds is 8. The molecule has 160 valence electrons. The largest absolute Gasteiger partial charge is 0.355 e. The minimum Gasteiger partial charge on any atom is -0.355 e. The summed E-state index contributed by atoms with van der Waals surface area (Å²) in [7, 11) is 0. The van der Waals surface area contributed by atoms with E-state index in [1.807, 2.05) is 12.1 Å². The lowest BCUT2D eigenvalue weighted by molar-refractivity contribution is -0.118. The first-order valence-corrected chi connectivity index (χ1v) is 12.0. The molecule has 0 atom stereocenters. The van der Waals surface area contributed by atoms with Gasteiger partial charge in [0, 0.05) is 22.5 Å². The van der Waals surface area contributed by atoms with Crippen LogP contribution in [-0.2, 0) is 11.3 Å². The van der Waals surface area contributed by atoms with Crippen LogP contribution in [0.2, 0.25) is 0 Å². The number of hydrogen-bond acceptors (Lipinski definition) is 3. The summed E-state index contributed by atoms with van der Waals surface area (Å²) in [6, 6.07) is 11.6. The third-order valence-corrected chi connectivity index (χ3v) is 7.10. The number of carbonyl (C=O) groups excluding carboxylic acids is 2. The average Bonchev–Trinajstić information content (AvgIpc) is 2.77. The molecule has 2 aromatic rings. The van der Waals surface area contributed by atoms with E-state index in [1.54, 1.807) is 18.2 Å². The molecule has 2 amide bonds. The Morgan fingerprint density at radius 3 is 2.63 bits per heavy atom. The first-order chi connectivity index (χ1) is 14.5. The Morgan fingerprint density at radius 2 is 1.83 bits per heavy atom. The maximum atomic E-state index is 13.4. The van der Waals surface area contributed by atoms with Crippen molar-refractivity contribution in [1.29, 1.82) is 0 Å². The highest BCUT2D eigenvalue weighted by atomic mass is 79.9. The number of amides is 2. The van der Waals surface area contributed by atoms with Crippen LogP contribution in [0.15, 0.2) is 51.8 Å². The van der Waals surface area contributed by atoms with E-state index in [0.717, 1.165) is 15.9 Å². The summed E-state index contributed by atoms with van der Waals surface area (Å²) in [6.07, 6.45) is 6.19. The molecule has 1 saturated carbocycles. The molecule has 0 spiro atoms. The summed E-state index contributed by atoms with van der Waals surface area (Å²) in [5.74, 6) is 0.249. The van der Waals surface area contributed by atoms with Crippen molar-refractivity contribution in [2.45, 2.75) is 43.5 Å². The van der Waals surface area contributed by atoms with E-state index in [9.17, 15) is 14.0 Å². The van der Waals surface area contributed by atoms with Gasteiger partial charge in [0.25, 0.3) is 5.91 Å².